The van der Waals surface area contributed by atoms with Crippen molar-refractivity contribution in [1.29, 1.82) is 0 Å². The number of carbonyl (C=O) groups is 1. The molecule has 3 rings (SSSR count). The van der Waals surface area contributed by atoms with Crippen molar-refractivity contribution < 1.29 is 14.3 Å². The van der Waals surface area contributed by atoms with E-state index in [0.29, 0.717) is 18.0 Å². The van der Waals surface area contributed by atoms with Gasteiger partial charge in [0.1, 0.15) is 18.0 Å². The number of ether oxygens (including phenoxy) is 2. The quantitative estimate of drug-likeness (QED) is 0.566. The lowest BCUT2D eigenvalue weighted by atomic mass is 9.71. The summed E-state index contributed by atoms with van der Waals surface area (Å²) in [7, 11) is 0. The molecule has 0 unspecified atom stereocenters. The normalized spacial score (nSPS) is 14.2. The van der Waals surface area contributed by atoms with Crippen LogP contribution in [0.25, 0.3) is 0 Å². The molecule has 5 heteroatoms. The summed E-state index contributed by atoms with van der Waals surface area (Å²) in [6, 6.07) is 4.30. The van der Waals surface area contributed by atoms with Crippen LogP contribution in [0.1, 0.15) is 68.1 Å². The lowest BCUT2D eigenvalue weighted by Crippen LogP contribution is -2.32. The Morgan fingerprint density at radius 1 is 1.17 bits per heavy atom. The molecule has 152 valence electrons. The van der Waals surface area contributed by atoms with Crippen molar-refractivity contribution in [1.82, 2.24) is 9.97 Å². The van der Waals surface area contributed by atoms with E-state index in [9.17, 15) is 4.79 Å². The minimum Gasteiger partial charge on any atom is -0.493 e. The summed E-state index contributed by atoms with van der Waals surface area (Å²) in [5, 5.41) is 0. The molecule has 0 spiro atoms. The van der Waals surface area contributed by atoms with Gasteiger partial charge >= 0.3 is 5.97 Å². The molecule has 0 fully saturated rings. The van der Waals surface area contributed by atoms with Crippen molar-refractivity contribution in [3.63, 3.8) is 0 Å². The van der Waals surface area contributed by atoms with Gasteiger partial charge < -0.3 is 9.47 Å². The Bertz CT molecular complexity index is 935. The van der Waals surface area contributed by atoms with E-state index in [-0.39, 0.29) is 17.8 Å². The predicted molar refractivity (Wildman–Crippen MR) is 112 cm³/mol. The second-order valence-corrected chi connectivity index (χ2v) is 7.37. The van der Waals surface area contributed by atoms with Gasteiger partial charge in [-0.1, -0.05) is 25.7 Å². The summed E-state index contributed by atoms with van der Waals surface area (Å²) in [4.78, 5) is 20.0. The Balaban J connectivity index is 1.85. The van der Waals surface area contributed by atoms with Crippen molar-refractivity contribution in [3.05, 3.63) is 52.6 Å². The van der Waals surface area contributed by atoms with Crippen LogP contribution >= 0.6 is 0 Å². The Hall–Kier alpha value is -2.87. The van der Waals surface area contributed by atoms with Crippen molar-refractivity contribution in [2.45, 2.75) is 58.8 Å². The number of hydrogen-bond donors (Lipinski definition) is 0. The molecule has 0 saturated heterocycles. The largest absolute Gasteiger partial charge is 0.493 e. The van der Waals surface area contributed by atoms with Crippen LogP contribution < -0.4 is 4.74 Å². The average Bonchev–Trinajstić information content (AvgIpc) is 2.73. The minimum absolute atomic E-state index is 0.0710. The van der Waals surface area contributed by atoms with Gasteiger partial charge in [-0.3, -0.25) is 4.79 Å². The first-order valence-electron chi connectivity index (χ1n) is 10.3. The molecular weight excluding hydrogens is 364 g/mol. The smallest absolute Gasteiger partial charge is 0.313 e. The third-order valence-corrected chi connectivity index (χ3v) is 5.74. The summed E-state index contributed by atoms with van der Waals surface area (Å²) in [6.07, 6.45) is 6.58. The Morgan fingerprint density at radius 3 is 2.55 bits per heavy atom. The summed E-state index contributed by atoms with van der Waals surface area (Å²) >= 11 is 0. The third-order valence-electron chi connectivity index (χ3n) is 5.74. The van der Waals surface area contributed by atoms with E-state index in [4.69, 9.17) is 9.47 Å². The molecule has 0 atom stereocenters. The third kappa shape index (κ3) is 4.59. The van der Waals surface area contributed by atoms with Crippen LogP contribution in [0.4, 0.5) is 0 Å². The lowest BCUT2D eigenvalue weighted by molar-refractivity contribution is -0.142. The van der Waals surface area contributed by atoms with E-state index < -0.39 is 0 Å². The van der Waals surface area contributed by atoms with E-state index in [2.05, 4.69) is 54.7 Å². The number of nitrogens with zero attached hydrogens (tertiary/aromatic N) is 2. The molecule has 0 saturated carbocycles. The molecule has 0 amide bonds. The van der Waals surface area contributed by atoms with Crippen LogP contribution in [0, 0.1) is 18.8 Å². The summed E-state index contributed by atoms with van der Waals surface area (Å²) in [5.74, 6) is 7.52. The molecule has 1 aliphatic rings. The highest BCUT2D eigenvalue weighted by Crippen LogP contribution is 2.44. The van der Waals surface area contributed by atoms with E-state index in [1.54, 1.807) is 19.3 Å². The molecule has 1 aliphatic heterocycles. The molecule has 0 radical (unpaired) electrons. The Kier molecular flexibility index (Phi) is 6.53. The van der Waals surface area contributed by atoms with E-state index in [1.165, 1.54) is 5.56 Å². The number of rotatable bonds is 5. The van der Waals surface area contributed by atoms with Crippen molar-refractivity contribution >= 4 is 5.97 Å². The van der Waals surface area contributed by atoms with Gasteiger partial charge in [0, 0.05) is 28.9 Å². The second kappa shape index (κ2) is 9.09. The van der Waals surface area contributed by atoms with Crippen molar-refractivity contribution in [3.8, 4) is 17.6 Å². The Labute approximate surface area is 172 Å². The minimum atomic E-state index is -0.325. The molecule has 1 aromatic heterocycles. The van der Waals surface area contributed by atoms with E-state index in [1.807, 2.05) is 0 Å². The van der Waals surface area contributed by atoms with Gasteiger partial charge in [-0.2, -0.15) is 0 Å². The van der Waals surface area contributed by atoms with Gasteiger partial charge in [0.05, 0.1) is 18.8 Å². The molecule has 2 heterocycles. The highest BCUT2D eigenvalue weighted by molar-refractivity contribution is 5.71. The zero-order valence-electron chi connectivity index (χ0n) is 17.7. The van der Waals surface area contributed by atoms with Crippen molar-refractivity contribution in [2.75, 3.05) is 13.2 Å². The second-order valence-electron chi connectivity index (χ2n) is 7.37. The number of carbonyl (C=O) groups excluding carboxylic acids is 1. The molecular formula is C24H28N2O3. The molecule has 0 aliphatic carbocycles. The lowest BCUT2D eigenvalue weighted by Gasteiger charge is -2.38. The first-order valence-corrected chi connectivity index (χ1v) is 10.3. The zero-order valence-corrected chi connectivity index (χ0v) is 17.7. The Morgan fingerprint density at radius 2 is 1.90 bits per heavy atom. The molecule has 2 aromatic rings. The molecule has 29 heavy (non-hydrogen) atoms. The highest BCUT2D eigenvalue weighted by Gasteiger charge is 2.35. The van der Waals surface area contributed by atoms with Gasteiger partial charge in [-0.05, 0) is 50.8 Å². The van der Waals surface area contributed by atoms with Crippen LogP contribution in [0.5, 0.6) is 5.75 Å². The first kappa shape index (κ1) is 20.9. The van der Waals surface area contributed by atoms with Crippen LogP contribution in [0.15, 0.2) is 24.5 Å². The van der Waals surface area contributed by atoms with Crippen LogP contribution in [0.2, 0.25) is 0 Å². The fourth-order valence-electron chi connectivity index (χ4n) is 3.82. The molecule has 1 aromatic carbocycles. The topological polar surface area (TPSA) is 61.3 Å². The summed E-state index contributed by atoms with van der Waals surface area (Å²) in [5.41, 5.74) is 4.23. The standard InChI is InChI=1S/C24H28N2O3/c1-5-24(6-2)10-11-29-21-12-17(4)19(13-20(21)24)9-8-18-15-25-22(26-16-18)14-23(27)28-7-3/h12-13,15-16H,5-7,10-11,14H2,1-4H3. The van der Waals surface area contributed by atoms with Gasteiger partial charge in [0.25, 0.3) is 0 Å². The SMILES string of the molecule is CCOC(=O)Cc1ncc(C#Cc2cc3c(cc2C)OCCC3(CC)CC)cn1. The van der Waals surface area contributed by atoms with Crippen molar-refractivity contribution in [2.24, 2.45) is 0 Å². The number of esters is 1. The maximum Gasteiger partial charge on any atom is 0.313 e. The van der Waals surface area contributed by atoms with Gasteiger partial charge in [0.15, 0.2) is 0 Å². The van der Waals surface area contributed by atoms with Crippen LogP contribution in [0.3, 0.4) is 0 Å². The van der Waals surface area contributed by atoms with Crippen LogP contribution in [-0.4, -0.2) is 29.2 Å². The number of benzene rings is 1. The fraction of sp³-hybridized carbons (Fsp3) is 0.458. The molecule has 0 N–H and O–H groups in total. The summed E-state index contributed by atoms with van der Waals surface area (Å²) in [6.45, 7) is 9.45. The maximum atomic E-state index is 11.5. The monoisotopic (exact) mass is 392 g/mol. The van der Waals surface area contributed by atoms with Gasteiger partial charge in [0.2, 0.25) is 0 Å². The highest BCUT2D eigenvalue weighted by atomic mass is 16.5. The maximum absolute atomic E-state index is 11.5. The zero-order chi connectivity index (χ0) is 20.9. The first-order chi connectivity index (χ1) is 14.0. The van der Waals surface area contributed by atoms with E-state index in [0.717, 1.165) is 42.7 Å². The number of aromatic nitrogens is 2. The number of aryl methyl sites for hydroxylation is 1. The van der Waals surface area contributed by atoms with Crippen LogP contribution in [-0.2, 0) is 21.4 Å². The predicted octanol–water partition coefficient (Wildman–Crippen LogP) is 4.13. The number of fused-ring (bicyclic) bond motifs is 1. The molecule has 0 bridgehead atoms. The fourth-order valence-corrected chi connectivity index (χ4v) is 3.82. The summed E-state index contributed by atoms with van der Waals surface area (Å²) < 4.78 is 10.9. The molecule has 5 nitrogen and oxygen atoms in total. The average molecular weight is 392 g/mol. The number of hydrogen-bond acceptors (Lipinski definition) is 5. The van der Waals surface area contributed by atoms with E-state index >= 15 is 0 Å². The van der Waals surface area contributed by atoms with Gasteiger partial charge in [-0.25, -0.2) is 9.97 Å². The van der Waals surface area contributed by atoms with Gasteiger partial charge in [-0.15, -0.1) is 0 Å².